The molecule has 1 aliphatic heterocycles. The summed E-state index contributed by atoms with van der Waals surface area (Å²) in [6.07, 6.45) is 1.17. The molecule has 0 aromatic heterocycles. The molecule has 1 saturated heterocycles. The first-order valence-corrected chi connectivity index (χ1v) is 7.33. The zero-order valence-electron chi connectivity index (χ0n) is 11.0. The van der Waals surface area contributed by atoms with E-state index in [1.165, 1.54) is 0 Å². The SMILES string of the molecule is CC1CCN(c2ccccc2Br)CC(CC(=O)O)N1. The van der Waals surface area contributed by atoms with Crippen molar-refractivity contribution in [3.63, 3.8) is 0 Å². The maximum absolute atomic E-state index is 10.9. The van der Waals surface area contributed by atoms with E-state index in [1.807, 2.05) is 18.2 Å². The Hall–Kier alpha value is -1.07. The molecule has 2 atom stereocenters. The van der Waals surface area contributed by atoms with E-state index in [9.17, 15) is 4.79 Å². The van der Waals surface area contributed by atoms with Crippen molar-refractivity contribution in [1.82, 2.24) is 5.32 Å². The number of rotatable bonds is 3. The van der Waals surface area contributed by atoms with Gasteiger partial charge in [0.25, 0.3) is 0 Å². The predicted molar refractivity (Wildman–Crippen MR) is 79.6 cm³/mol. The Labute approximate surface area is 121 Å². The molecule has 104 valence electrons. The number of hydrogen-bond acceptors (Lipinski definition) is 3. The number of aliphatic carboxylic acids is 1. The normalized spacial score (nSPS) is 24.0. The summed E-state index contributed by atoms with van der Waals surface area (Å²) >= 11 is 3.56. The maximum Gasteiger partial charge on any atom is 0.304 e. The molecule has 4 nitrogen and oxygen atoms in total. The summed E-state index contributed by atoms with van der Waals surface area (Å²) in [6.45, 7) is 3.77. The van der Waals surface area contributed by atoms with Crippen LogP contribution in [0.15, 0.2) is 28.7 Å². The molecule has 1 aromatic carbocycles. The van der Waals surface area contributed by atoms with Crippen LogP contribution in [0.4, 0.5) is 5.69 Å². The van der Waals surface area contributed by atoms with Crippen LogP contribution in [-0.4, -0.2) is 36.2 Å². The van der Waals surface area contributed by atoms with Crippen molar-refractivity contribution in [3.05, 3.63) is 28.7 Å². The standard InChI is InChI=1S/C14H19BrN2O2/c1-10-6-7-17(9-11(16-10)8-14(18)19)13-5-3-2-4-12(13)15/h2-5,10-11,16H,6-9H2,1H3,(H,18,19). The summed E-state index contributed by atoms with van der Waals surface area (Å²) < 4.78 is 1.05. The summed E-state index contributed by atoms with van der Waals surface area (Å²) in [6, 6.07) is 8.41. The van der Waals surface area contributed by atoms with E-state index >= 15 is 0 Å². The molecule has 0 bridgehead atoms. The van der Waals surface area contributed by atoms with Crippen LogP contribution in [0.25, 0.3) is 0 Å². The lowest BCUT2D eigenvalue weighted by molar-refractivity contribution is -0.137. The van der Waals surface area contributed by atoms with Gasteiger partial charge in [0.15, 0.2) is 0 Å². The number of para-hydroxylation sites is 1. The molecule has 0 spiro atoms. The Morgan fingerprint density at radius 1 is 1.53 bits per heavy atom. The van der Waals surface area contributed by atoms with Crippen molar-refractivity contribution in [2.24, 2.45) is 0 Å². The van der Waals surface area contributed by atoms with Gasteiger partial charge in [0, 0.05) is 29.6 Å². The fourth-order valence-electron chi connectivity index (χ4n) is 2.51. The van der Waals surface area contributed by atoms with Gasteiger partial charge in [-0.25, -0.2) is 0 Å². The molecular weight excluding hydrogens is 308 g/mol. The Morgan fingerprint density at radius 3 is 2.95 bits per heavy atom. The summed E-state index contributed by atoms with van der Waals surface area (Å²) in [7, 11) is 0. The van der Waals surface area contributed by atoms with E-state index in [2.05, 4.69) is 39.1 Å². The van der Waals surface area contributed by atoms with E-state index in [-0.39, 0.29) is 12.5 Å². The number of carboxylic acids is 1. The number of carbonyl (C=O) groups is 1. The smallest absolute Gasteiger partial charge is 0.304 e. The van der Waals surface area contributed by atoms with Gasteiger partial charge in [-0.1, -0.05) is 12.1 Å². The van der Waals surface area contributed by atoms with Gasteiger partial charge in [0.05, 0.1) is 12.1 Å². The molecule has 1 heterocycles. The lowest BCUT2D eigenvalue weighted by Crippen LogP contribution is -2.41. The molecule has 1 fully saturated rings. The second-order valence-electron chi connectivity index (χ2n) is 5.05. The summed E-state index contributed by atoms with van der Waals surface area (Å²) in [5, 5.41) is 12.4. The molecule has 2 N–H and O–H groups in total. The molecule has 1 aromatic rings. The van der Waals surface area contributed by atoms with Gasteiger partial charge in [0.1, 0.15) is 0 Å². The first-order valence-electron chi connectivity index (χ1n) is 6.53. The summed E-state index contributed by atoms with van der Waals surface area (Å²) in [5.41, 5.74) is 1.13. The molecular formula is C14H19BrN2O2. The van der Waals surface area contributed by atoms with Crippen LogP contribution in [0.2, 0.25) is 0 Å². The number of carboxylic acid groups (broad SMARTS) is 1. The van der Waals surface area contributed by atoms with Crippen LogP contribution in [0.3, 0.4) is 0 Å². The van der Waals surface area contributed by atoms with Crippen molar-refractivity contribution >= 4 is 27.6 Å². The Balaban J connectivity index is 2.16. The topological polar surface area (TPSA) is 52.6 Å². The highest BCUT2D eigenvalue weighted by molar-refractivity contribution is 9.10. The third kappa shape index (κ3) is 3.94. The minimum absolute atomic E-state index is 0.0119. The zero-order valence-corrected chi connectivity index (χ0v) is 12.6. The molecule has 0 amide bonds. The van der Waals surface area contributed by atoms with Crippen molar-refractivity contribution in [3.8, 4) is 0 Å². The van der Waals surface area contributed by atoms with Gasteiger partial charge in [0.2, 0.25) is 0 Å². The van der Waals surface area contributed by atoms with Crippen molar-refractivity contribution < 1.29 is 9.90 Å². The van der Waals surface area contributed by atoms with Crippen LogP contribution in [0.1, 0.15) is 19.8 Å². The maximum atomic E-state index is 10.9. The third-order valence-corrected chi connectivity index (χ3v) is 4.08. The minimum atomic E-state index is -0.751. The Morgan fingerprint density at radius 2 is 2.26 bits per heavy atom. The highest BCUT2D eigenvalue weighted by Gasteiger charge is 2.24. The number of nitrogens with zero attached hydrogens (tertiary/aromatic N) is 1. The minimum Gasteiger partial charge on any atom is -0.481 e. The van der Waals surface area contributed by atoms with Gasteiger partial charge < -0.3 is 15.3 Å². The number of anilines is 1. The second-order valence-corrected chi connectivity index (χ2v) is 5.90. The lowest BCUT2D eigenvalue weighted by Gasteiger charge is -2.26. The van der Waals surface area contributed by atoms with Gasteiger partial charge in [-0.2, -0.15) is 0 Å². The average Bonchev–Trinajstić information content (AvgIpc) is 2.51. The average molecular weight is 327 g/mol. The first-order chi connectivity index (χ1) is 9.06. The number of benzene rings is 1. The number of nitrogens with one attached hydrogen (secondary N) is 1. The fraction of sp³-hybridized carbons (Fsp3) is 0.500. The van der Waals surface area contributed by atoms with Crippen LogP contribution in [0, 0.1) is 0 Å². The quantitative estimate of drug-likeness (QED) is 0.896. The highest BCUT2D eigenvalue weighted by atomic mass is 79.9. The molecule has 19 heavy (non-hydrogen) atoms. The number of hydrogen-bond donors (Lipinski definition) is 2. The summed E-state index contributed by atoms with van der Waals surface area (Å²) in [4.78, 5) is 13.2. The molecule has 1 aliphatic rings. The molecule has 2 rings (SSSR count). The van der Waals surface area contributed by atoms with Crippen LogP contribution in [-0.2, 0) is 4.79 Å². The number of halogens is 1. The van der Waals surface area contributed by atoms with E-state index in [4.69, 9.17) is 5.11 Å². The molecule has 2 unspecified atom stereocenters. The largest absolute Gasteiger partial charge is 0.481 e. The molecule has 5 heteroatoms. The van der Waals surface area contributed by atoms with Gasteiger partial charge >= 0.3 is 5.97 Å². The Kier molecular flexibility index (Phi) is 4.82. The Bertz CT molecular complexity index is 453. The van der Waals surface area contributed by atoms with Crippen LogP contribution >= 0.6 is 15.9 Å². The molecule has 0 radical (unpaired) electrons. The monoisotopic (exact) mass is 326 g/mol. The predicted octanol–water partition coefficient (Wildman–Crippen LogP) is 2.48. The van der Waals surface area contributed by atoms with Crippen molar-refractivity contribution in [2.75, 3.05) is 18.0 Å². The van der Waals surface area contributed by atoms with Crippen LogP contribution < -0.4 is 10.2 Å². The van der Waals surface area contributed by atoms with Crippen LogP contribution in [0.5, 0.6) is 0 Å². The lowest BCUT2D eigenvalue weighted by atomic mass is 10.1. The van der Waals surface area contributed by atoms with Crippen molar-refractivity contribution in [2.45, 2.75) is 31.8 Å². The second kappa shape index (κ2) is 6.39. The summed E-state index contributed by atoms with van der Waals surface area (Å²) in [5.74, 6) is -0.751. The van der Waals surface area contributed by atoms with Gasteiger partial charge in [-0.15, -0.1) is 0 Å². The first kappa shape index (κ1) is 14.3. The van der Waals surface area contributed by atoms with E-state index < -0.39 is 5.97 Å². The highest BCUT2D eigenvalue weighted by Crippen LogP contribution is 2.27. The van der Waals surface area contributed by atoms with E-state index in [0.29, 0.717) is 6.04 Å². The van der Waals surface area contributed by atoms with E-state index in [1.54, 1.807) is 0 Å². The zero-order chi connectivity index (χ0) is 13.8. The van der Waals surface area contributed by atoms with Gasteiger partial charge in [-0.3, -0.25) is 4.79 Å². The fourth-order valence-corrected chi connectivity index (χ4v) is 3.04. The van der Waals surface area contributed by atoms with Gasteiger partial charge in [-0.05, 0) is 41.4 Å². The molecule has 0 saturated carbocycles. The van der Waals surface area contributed by atoms with E-state index in [0.717, 1.165) is 29.7 Å². The van der Waals surface area contributed by atoms with Crippen molar-refractivity contribution in [1.29, 1.82) is 0 Å². The molecule has 0 aliphatic carbocycles. The third-order valence-electron chi connectivity index (χ3n) is 3.41.